The standard InChI is InChI=1S/C12H13FN4O2/c1-16-5-4-10(15-16)8-14-7-9-2-3-12(17(18)19)11(13)6-9/h2-6,14H,7-8H2,1H3. The number of nitro benzene ring substituents is 1. The first kappa shape index (κ1) is 13.2. The van der Waals surface area contributed by atoms with Crippen molar-refractivity contribution in [2.45, 2.75) is 13.1 Å². The summed E-state index contributed by atoms with van der Waals surface area (Å²) in [5.41, 5.74) is 1.03. The Morgan fingerprint density at radius 3 is 2.79 bits per heavy atom. The molecule has 6 nitrogen and oxygen atoms in total. The summed E-state index contributed by atoms with van der Waals surface area (Å²) in [7, 11) is 1.83. The van der Waals surface area contributed by atoms with Gasteiger partial charge in [-0.1, -0.05) is 6.07 Å². The van der Waals surface area contributed by atoms with Gasteiger partial charge in [-0.05, 0) is 17.7 Å². The monoisotopic (exact) mass is 264 g/mol. The Bertz CT molecular complexity index is 597. The van der Waals surface area contributed by atoms with Gasteiger partial charge in [0, 0.05) is 32.4 Å². The first-order valence-corrected chi connectivity index (χ1v) is 5.68. The number of benzene rings is 1. The van der Waals surface area contributed by atoms with Gasteiger partial charge in [-0.25, -0.2) is 0 Å². The van der Waals surface area contributed by atoms with E-state index in [9.17, 15) is 14.5 Å². The zero-order chi connectivity index (χ0) is 13.8. The average molecular weight is 264 g/mol. The third-order valence-electron chi connectivity index (χ3n) is 2.61. The minimum Gasteiger partial charge on any atom is -0.307 e. The molecule has 2 aromatic rings. The predicted molar refractivity (Wildman–Crippen MR) is 66.8 cm³/mol. The molecule has 1 aromatic carbocycles. The number of halogens is 1. The van der Waals surface area contributed by atoms with E-state index in [-0.39, 0.29) is 0 Å². The fraction of sp³-hybridized carbons (Fsp3) is 0.250. The van der Waals surface area contributed by atoms with Crippen molar-refractivity contribution in [3.63, 3.8) is 0 Å². The molecule has 0 aliphatic rings. The second-order valence-electron chi connectivity index (χ2n) is 4.13. The highest BCUT2D eigenvalue weighted by molar-refractivity contribution is 5.34. The van der Waals surface area contributed by atoms with Crippen LogP contribution in [0.3, 0.4) is 0 Å². The van der Waals surface area contributed by atoms with Gasteiger partial charge < -0.3 is 5.32 Å². The van der Waals surface area contributed by atoms with Crippen molar-refractivity contribution in [1.82, 2.24) is 15.1 Å². The molecule has 1 aromatic heterocycles. The molecule has 1 N–H and O–H groups in total. The maximum Gasteiger partial charge on any atom is 0.304 e. The lowest BCUT2D eigenvalue weighted by Gasteiger charge is -2.03. The van der Waals surface area contributed by atoms with Gasteiger partial charge in [0.05, 0.1) is 10.6 Å². The molecule has 2 rings (SSSR count). The molecular weight excluding hydrogens is 251 g/mol. The second-order valence-corrected chi connectivity index (χ2v) is 4.13. The van der Waals surface area contributed by atoms with Crippen LogP contribution in [-0.2, 0) is 20.1 Å². The SMILES string of the molecule is Cn1ccc(CNCc2ccc([N+](=O)[O-])c(F)c2)n1. The molecule has 0 aliphatic heterocycles. The number of nitrogens with zero attached hydrogens (tertiary/aromatic N) is 3. The number of aryl methyl sites for hydroxylation is 1. The van der Waals surface area contributed by atoms with E-state index >= 15 is 0 Å². The van der Waals surface area contributed by atoms with Crippen LogP contribution in [0.5, 0.6) is 0 Å². The van der Waals surface area contributed by atoms with Crippen LogP contribution in [0.15, 0.2) is 30.5 Å². The molecule has 0 spiro atoms. The Balaban J connectivity index is 1.93. The van der Waals surface area contributed by atoms with Crippen LogP contribution in [0.4, 0.5) is 10.1 Å². The summed E-state index contributed by atoms with van der Waals surface area (Å²) in [6.07, 6.45) is 1.84. The van der Waals surface area contributed by atoms with Crippen molar-refractivity contribution in [3.8, 4) is 0 Å². The largest absolute Gasteiger partial charge is 0.307 e. The molecule has 7 heteroatoms. The van der Waals surface area contributed by atoms with Crippen LogP contribution in [0, 0.1) is 15.9 Å². The molecule has 0 fully saturated rings. The molecule has 0 radical (unpaired) electrons. The maximum absolute atomic E-state index is 13.4. The highest BCUT2D eigenvalue weighted by Gasteiger charge is 2.13. The van der Waals surface area contributed by atoms with Crippen molar-refractivity contribution in [2.75, 3.05) is 0 Å². The Hall–Kier alpha value is -2.28. The number of hydrogen-bond acceptors (Lipinski definition) is 4. The van der Waals surface area contributed by atoms with E-state index in [0.717, 1.165) is 5.69 Å². The maximum atomic E-state index is 13.4. The molecule has 0 atom stereocenters. The van der Waals surface area contributed by atoms with Gasteiger partial charge in [-0.2, -0.15) is 9.49 Å². The van der Waals surface area contributed by atoms with Crippen molar-refractivity contribution in [1.29, 1.82) is 0 Å². The number of hydrogen-bond donors (Lipinski definition) is 1. The van der Waals surface area contributed by atoms with Crippen LogP contribution < -0.4 is 5.32 Å². The third kappa shape index (κ3) is 3.35. The minimum atomic E-state index is -0.817. The van der Waals surface area contributed by atoms with E-state index in [2.05, 4.69) is 10.4 Å². The summed E-state index contributed by atoms with van der Waals surface area (Å²) in [4.78, 5) is 9.74. The molecule has 0 bridgehead atoms. The molecule has 0 aliphatic carbocycles. The van der Waals surface area contributed by atoms with E-state index < -0.39 is 16.4 Å². The van der Waals surface area contributed by atoms with Crippen LogP contribution >= 0.6 is 0 Å². The first-order valence-electron chi connectivity index (χ1n) is 5.68. The number of rotatable bonds is 5. The van der Waals surface area contributed by atoms with Gasteiger partial charge in [0.2, 0.25) is 5.82 Å². The van der Waals surface area contributed by atoms with Crippen molar-refractivity contribution in [2.24, 2.45) is 7.05 Å². The molecule has 1 heterocycles. The van der Waals surface area contributed by atoms with Crippen molar-refractivity contribution in [3.05, 3.63) is 57.7 Å². The zero-order valence-corrected chi connectivity index (χ0v) is 10.3. The van der Waals surface area contributed by atoms with Crippen LogP contribution in [0.25, 0.3) is 0 Å². The van der Waals surface area contributed by atoms with Crippen molar-refractivity contribution < 1.29 is 9.31 Å². The lowest BCUT2D eigenvalue weighted by atomic mass is 10.2. The molecule has 100 valence electrons. The summed E-state index contributed by atoms with van der Waals surface area (Å²) >= 11 is 0. The van der Waals surface area contributed by atoms with Crippen LogP contribution in [0.2, 0.25) is 0 Å². The van der Waals surface area contributed by atoms with Gasteiger partial charge in [0.15, 0.2) is 0 Å². The van der Waals surface area contributed by atoms with E-state index in [4.69, 9.17) is 0 Å². The number of nitro groups is 1. The smallest absolute Gasteiger partial charge is 0.304 e. The lowest BCUT2D eigenvalue weighted by Crippen LogP contribution is -2.13. The van der Waals surface area contributed by atoms with Crippen LogP contribution in [-0.4, -0.2) is 14.7 Å². The minimum absolute atomic E-state index is 0.422. The fourth-order valence-electron chi connectivity index (χ4n) is 1.70. The lowest BCUT2D eigenvalue weighted by molar-refractivity contribution is -0.387. The Labute approximate surface area is 109 Å². The highest BCUT2D eigenvalue weighted by Crippen LogP contribution is 2.17. The highest BCUT2D eigenvalue weighted by atomic mass is 19.1. The summed E-state index contributed by atoms with van der Waals surface area (Å²) in [6.45, 7) is 0.977. The van der Waals surface area contributed by atoms with Gasteiger partial charge in [0.25, 0.3) is 0 Å². The van der Waals surface area contributed by atoms with Crippen LogP contribution in [0.1, 0.15) is 11.3 Å². The summed E-state index contributed by atoms with van der Waals surface area (Å²) in [5.74, 6) is -0.817. The fourth-order valence-corrected chi connectivity index (χ4v) is 1.70. The van der Waals surface area contributed by atoms with Gasteiger partial charge in [0.1, 0.15) is 0 Å². The van der Waals surface area contributed by atoms with Crippen molar-refractivity contribution >= 4 is 5.69 Å². The third-order valence-corrected chi connectivity index (χ3v) is 2.61. The molecule has 19 heavy (non-hydrogen) atoms. The molecule has 0 amide bonds. The Kier molecular flexibility index (Phi) is 3.86. The Morgan fingerprint density at radius 2 is 2.21 bits per heavy atom. The average Bonchev–Trinajstić information content (AvgIpc) is 2.75. The normalized spacial score (nSPS) is 10.6. The van der Waals surface area contributed by atoms with E-state index in [1.165, 1.54) is 18.2 Å². The quantitative estimate of drug-likeness (QED) is 0.659. The molecule has 0 saturated carbocycles. The zero-order valence-electron chi connectivity index (χ0n) is 10.3. The van der Waals surface area contributed by atoms with Gasteiger partial charge >= 0.3 is 5.69 Å². The topological polar surface area (TPSA) is 73.0 Å². The van der Waals surface area contributed by atoms with E-state index in [1.54, 1.807) is 4.68 Å². The molecule has 0 unspecified atom stereocenters. The molecular formula is C12H13FN4O2. The molecule has 0 saturated heterocycles. The predicted octanol–water partition coefficient (Wildman–Crippen LogP) is 1.76. The van der Waals surface area contributed by atoms with Gasteiger partial charge in [-0.15, -0.1) is 0 Å². The van der Waals surface area contributed by atoms with E-state index in [0.29, 0.717) is 18.7 Å². The number of nitrogens with one attached hydrogen (secondary N) is 1. The summed E-state index contributed by atoms with van der Waals surface area (Å²) in [5, 5.41) is 17.8. The van der Waals surface area contributed by atoms with E-state index in [1.807, 2.05) is 19.3 Å². The summed E-state index contributed by atoms with van der Waals surface area (Å²) < 4.78 is 15.1. The number of aromatic nitrogens is 2. The van der Waals surface area contributed by atoms with Gasteiger partial charge in [-0.3, -0.25) is 14.8 Å². The Morgan fingerprint density at radius 1 is 1.42 bits per heavy atom. The second kappa shape index (κ2) is 5.57. The summed E-state index contributed by atoms with van der Waals surface area (Å²) in [6, 6.07) is 5.76. The first-order chi connectivity index (χ1) is 9.06.